The van der Waals surface area contributed by atoms with Crippen LogP contribution in [-0.2, 0) is 4.74 Å². The minimum absolute atomic E-state index is 0.00527. The van der Waals surface area contributed by atoms with Crippen molar-refractivity contribution in [2.75, 3.05) is 20.5 Å². The number of carbonyl (C=O) groups is 1. The van der Waals surface area contributed by atoms with Crippen molar-refractivity contribution in [3.05, 3.63) is 53.3 Å². The zero-order valence-corrected chi connectivity index (χ0v) is 16.1. The first-order chi connectivity index (χ1) is 13.4. The molecule has 0 heterocycles. The van der Waals surface area contributed by atoms with Gasteiger partial charge in [0.05, 0.1) is 31.5 Å². The minimum Gasteiger partial charge on any atom is -0.505 e. The summed E-state index contributed by atoms with van der Waals surface area (Å²) in [6.45, 7) is 0. The summed E-state index contributed by atoms with van der Waals surface area (Å²) in [4.78, 5) is 19.8. The number of amides is 1. The number of phenolic OH excluding ortho intramolecular Hbond substituents is 1. The van der Waals surface area contributed by atoms with Gasteiger partial charge in [0.25, 0.3) is 0 Å². The van der Waals surface area contributed by atoms with Crippen molar-refractivity contribution in [2.24, 2.45) is 9.98 Å². The van der Waals surface area contributed by atoms with Gasteiger partial charge in [0.15, 0.2) is 11.6 Å². The van der Waals surface area contributed by atoms with Crippen molar-refractivity contribution >= 4 is 34.3 Å². The van der Waals surface area contributed by atoms with Crippen LogP contribution in [0.4, 0.5) is 14.9 Å². The van der Waals surface area contributed by atoms with E-state index in [0.29, 0.717) is 11.3 Å². The van der Waals surface area contributed by atoms with E-state index in [4.69, 9.17) is 10.00 Å². The maximum atomic E-state index is 14.7. The second-order valence-corrected chi connectivity index (χ2v) is 6.01. The molecule has 0 bridgehead atoms. The molecule has 0 unspecified atom stereocenters. The van der Waals surface area contributed by atoms with Crippen LogP contribution in [0.25, 0.3) is 0 Å². The summed E-state index contributed by atoms with van der Waals surface area (Å²) in [6.07, 6.45) is 0.748. The Balaban J connectivity index is 2.74. The Hall–Kier alpha value is -3.38. The number of thioether (sulfide) groups is 1. The fourth-order valence-corrected chi connectivity index (χ4v) is 2.67. The summed E-state index contributed by atoms with van der Waals surface area (Å²) in [5.74, 6) is -1.39. The molecule has 0 aliphatic heterocycles. The van der Waals surface area contributed by atoms with Gasteiger partial charge in [-0.25, -0.2) is 14.2 Å². The van der Waals surface area contributed by atoms with Crippen molar-refractivity contribution in [3.63, 3.8) is 0 Å². The number of benzene rings is 2. The summed E-state index contributed by atoms with van der Waals surface area (Å²) < 4.78 is 24.3. The van der Waals surface area contributed by atoms with E-state index in [1.54, 1.807) is 30.5 Å². The number of aromatic hydroxyl groups is 1. The lowest BCUT2D eigenvalue weighted by Gasteiger charge is -2.12. The normalized spacial score (nSPS) is 11.7. The molecule has 0 aromatic heterocycles. The van der Waals surface area contributed by atoms with Crippen LogP contribution in [0.3, 0.4) is 0 Å². The van der Waals surface area contributed by atoms with Crippen LogP contribution in [0.2, 0.25) is 0 Å². The van der Waals surface area contributed by atoms with Crippen LogP contribution < -0.4 is 4.74 Å². The van der Waals surface area contributed by atoms with Gasteiger partial charge in [-0.3, -0.25) is 0 Å². The molecule has 0 spiro atoms. The predicted molar refractivity (Wildman–Crippen MR) is 105 cm³/mol. The standard InChI is InChI=1S/C19H16FN3O4S/c1-26-13-8-14(16(20)15(24)9-13)17(18(28-3)23-19(25)27-2)22-12-6-4-11(10-21)5-7-12/h4-9,24H,1-3H3. The molecule has 28 heavy (non-hydrogen) atoms. The number of rotatable bonds is 4. The molecular formula is C19H16FN3O4S. The van der Waals surface area contributed by atoms with E-state index in [1.807, 2.05) is 6.07 Å². The average molecular weight is 401 g/mol. The Kier molecular flexibility index (Phi) is 7.12. The number of hydrogen-bond donors (Lipinski definition) is 1. The number of carbonyl (C=O) groups excluding carboxylic acids is 1. The van der Waals surface area contributed by atoms with E-state index in [0.717, 1.165) is 17.8 Å². The number of halogens is 1. The fraction of sp³-hybridized carbons (Fsp3) is 0.158. The summed E-state index contributed by atoms with van der Waals surface area (Å²) in [5.41, 5.74) is 0.703. The Labute approximate surface area is 165 Å². The summed E-state index contributed by atoms with van der Waals surface area (Å²) in [7, 11) is 2.53. The lowest BCUT2D eigenvalue weighted by atomic mass is 10.1. The van der Waals surface area contributed by atoms with Crippen LogP contribution in [0.15, 0.2) is 46.4 Å². The number of nitriles is 1. The summed E-state index contributed by atoms with van der Waals surface area (Å²) in [5, 5.41) is 18.9. The number of hydrogen-bond acceptors (Lipinski definition) is 7. The van der Waals surface area contributed by atoms with Gasteiger partial charge < -0.3 is 14.6 Å². The highest BCUT2D eigenvalue weighted by Gasteiger charge is 2.21. The van der Waals surface area contributed by atoms with Crippen molar-refractivity contribution < 1.29 is 23.8 Å². The Morgan fingerprint density at radius 1 is 1.25 bits per heavy atom. The van der Waals surface area contributed by atoms with Crippen LogP contribution in [0, 0.1) is 17.1 Å². The van der Waals surface area contributed by atoms with E-state index < -0.39 is 17.7 Å². The van der Waals surface area contributed by atoms with Crippen LogP contribution >= 0.6 is 11.8 Å². The van der Waals surface area contributed by atoms with Crippen molar-refractivity contribution in [1.29, 1.82) is 5.26 Å². The third-order valence-electron chi connectivity index (χ3n) is 3.52. The molecule has 0 fully saturated rings. The number of aliphatic imine (C=N–C) groups is 2. The molecule has 144 valence electrons. The Morgan fingerprint density at radius 2 is 1.93 bits per heavy atom. The number of phenols is 1. The molecule has 1 amide bonds. The van der Waals surface area contributed by atoms with Gasteiger partial charge in [0.1, 0.15) is 16.5 Å². The molecule has 0 radical (unpaired) electrons. The summed E-state index contributed by atoms with van der Waals surface area (Å²) >= 11 is 1.05. The Morgan fingerprint density at radius 3 is 2.46 bits per heavy atom. The quantitative estimate of drug-likeness (QED) is 0.612. The predicted octanol–water partition coefficient (Wildman–Crippen LogP) is 4.06. The highest BCUT2D eigenvalue weighted by molar-refractivity contribution is 8.15. The molecule has 0 aliphatic rings. The molecule has 0 aliphatic carbocycles. The van der Waals surface area contributed by atoms with Crippen LogP contribution in [0.1, 0.15) is 11.1 Å². The average Bonchev–Trinajstić information content (AvgIpc) is 2.72. The van der Waals surface area contributed by atoms with Crippen LogP contribution in [-0.4, -0.2) is 42.4 Å². The van der Waals surface area contributed by atoms with Gasteiger partial charge in [-0.2, -0.15) is 10.3 Å². The lowest BCUT2D eigenvalue weighted by molar-refractivity contribution is 0.183. The second kappa shape index (κ2) is 9.53. The van der Waals surface area contributed by atoms with Gasteiger partial charge in [-0.05, 0) is 36.6 Å². The maximum absolute atomic E-state index is 14.7. The SMILES string of the molecule is COC(=O)N=C(SC)C(=Nc1ccc(C#N)cc1)c1cc(OC)cc(O)c1F. The van der Waals surface area contributed by atoms with E-state index in [2.05, 4.69) is 14.7 Å². The highest BCUT2D eigenvalue weighted by atomic mass is 32.2. The molecule has 0 atom stereocenters. The number of methoxy groups -OCH3 is 2. The van der Waals surface area contributed by atoms with Gasteiger partial charge >= 0.3 is 6.09 Å². The number of ether oxygens (including phenoxy) is 2. The zero-order valence-electron chi connectivity index (χ0n) is 15.3. The molecule has 2 rings (SSSR count). The first kappa shape index (κ1) is 20.9. The highest BCUT2D eigenvalue weighted by Crippen LogP contribution is 2.29. The molecule has 0 saturated carbocycles. The van der Waals surface area contributed by atoms with Gasteiger partial charge in [0.2, 0.25) is 0 Å². The zero-order chi connectivity index (χ0) is 20.7. The van der Waals surface area contributed by atoms with Crippen molar-refractivity contribution in [1.82, 2.24) is 0 Å². The smallest absolute Gasteiger partial charge is 0.434 e. The number of nitrogens with zero attached hydrogens (tertiary/aromatic N) is 3. The minimum atomic E-state index is -0.945. The molecule has 2 aromatic carbocycles. The van der Waals surface area contributed by atoms with Crippen molar-refractivity contribution in [3.8, 4) is 17.6 Å². The van der Waals surface area contributed by atoms with Gasteiger partial charge in [-0.1, -0.05) is 0 Å². The molecule has 7 nitrogen and oxygen atoms in total. The second-order valence-electron chi connectivity index (χ2n) is 5.22. The van der Waals surface area contributed by atoms with Crippen LogP contribution in [0.5, 0.6) is 11.5 Å². The first-order valence-electron chi connectivity index (χ1n) is 7.80. The monoisotopic (exact) mass is 401 g/mol. The summed E-state index contributed by atoms with van der Waals surface area (Å²) in [6, 6.07) is 10.7. The van der Waals surface area contributed by atoms with Gasteiger partial charge in [-0.15, -0.1) is 11.8 Å². The van der Waals surface area contributed by atoms with Crippen molar-refractivity contribution in [2.45, 2.75) is 0 Å². The lowest BCUT2D eigenvalue weighted by Crippen LogP contribution is -2.16. The van der Waals surface area contributed by atoms with E-state index in [-0.39, 0.29) is 22.1 Å². The fourth-order valence-electron chi connectivity index (χ4n) is 2.16. The Bertz CT molecular complexity index is 982. The molecule has 1 N–H and O–H groups in total. The molecular weight excluding hydrogens is 385 g/mol. The molecule has 0 saturated heterocycles. The van der Waals surface area contributed by atoms with E-state index in [9.17, 15) is 14.3 Å². The molecule has 9 heteroatoms. The third kappa shape index (κ3) is 4.86. The topological polar surface area (TPSA) is 104 Å². The van der Waals surface area contributed by atoms with Gasteiger partial charge in [0, 0.05) is 11.6 Å². The molecule has 2 aromatic rings. The van der Waals surface area contributed by atoms with E-state index >= 15 is 0 Å². The maximum Gasteiger partial charge on any atom is 0.434 e. The largest absolute Gasteiger partial charge is 0.505 e. The third-order valence-corrected chi connectivity index (χ3v) is 4.19. The first-order valence-corrected chi connectivity index (χ1v) is 9.02. The van der Waals surface area contributed by atoms with E-state index in [1.165, 1.54) is 20.3 Å².